The second kappa shape index (κ2) is 4.82. The molecule has 2 atom stereocenters. The van der Waals surface area contributed by atoms with Crippen LogP contribution < -0.4 is 11.1 Å². The Morgan fingerprint density at radius 1 is 1.26 bits per heavy atom. The maximum atomic E-state index is 12.2. The first kappa shape index (κ1) is 11.9. The van der Waals surface area contributed by atoms with Crippen LogP contribution in [0.4, 0.5) is 5.69 Å². The van der Waals surface area contributed by atoms with Gasteiger partial charge in [0.05, 0.1) is 17.1 Å². The Hall–Kier alpha value is -2.20. The van der Waals surface area contributed by atoms with Gasteiger partial charge in [-0.15, -0.1) is 0 Å². The third kappa shape index (κ3) is 2.35. The fourth-order valence-electron chi connectivity index (χ4n) is 2.35. The molecule has 0 saturated heterocycles. The van der Waals surface area contributed by atoms with Crippen molar-refractivity contribution in [3.8, 4) is 0 Å². The number of para-hydroxylation sites is 1. The summed E-state index contributed by atoms with van der Waals surface area (Å²) < 4.78 is 0. The number of rotatable bonds is 2. The molecular formula is C15H15N3O. The number of amides is 1. The molecule has 4 heteroatoms. The van der Waals surface area contributed by atoms with Crippen LogP contribution in [0.2, 0.25) is 0 Å². The van der Waals surface area contributed by atoms with Crippen molar-refractivity contribution in [3.63, 3.8) is 0 Å². The van der Waals surface area contributed by atoms with Gasteiger partial charge < -0.3 is 11.1 Å². The van der Waals surface area contributed by atoms with Gasteiger partial charge in [0, 0.05) is 17.6 Å². The SMILES string of the molecule is NC1C=CC(C(=O)Nc2cccc3cccnc23)C1. The lowest BCUT2D eigenvalue weighted by Gasteiger charge is -2.11. The van der Waals surface area contributed by atoms with E-state index in [0.29, 0.717) is 6.42 Å². The van der Waals surface area contributed by atoms with Gasteiger partial charge in [-0.1, -0.05) is 30.4 Å². The number of nitrogens with zero attached hydrogens (tertiary/aromatic N) is 1. The van der Waals surface area contributed by atoms with Gasteiger partial charge in [0.25, 0.3) is 0 Å². The molecule has 96 valence electrons. The average molecular weight is 253 g/mol. The number of anilines is 1. The van der Waals surface area contributed by atoms with E-state index in [1.54, 1.807) is 6.20 Å². The minimum atomic E-state index is -0.144. The molecule has 19 heavy (non-hydrogen) atoms. The number of aromatic nitrogens is 1. The van der Waals surface area contributed by atoms with Crippen LogP contribution in [-0.2, 0) is 4.79 Å². The van der Waals surface area contributed by atoms with Gasteiger partial charge in [-0.05, 0) is 18.6 Å². The van der Waals surface area contributed by atoms with Crippen LogP contribution in [0.25, 0.3) is 10.9 Å². The molecule has 0 bridgehead atoms. The van der Waals surface area contributed by atoms with Crippen LogP contribution in [0.15, 0.2) is 48.7 Å². The Kier molecular flexibility index (Phi) is 3.01. The second-order valence-electron chi connectivity index (χ2n) is 4.76. The van der Waals surface area contributed by atoms with E-state index in [-0.39, 0.29) is 17.9 Å². The summed E-state index contributed by atoms with van der Waals surface area (Å²) in [5.41, 5.74) is 7.32. The van der Waals surface area contributed by atoms with E-state index in [1.807, 2.05) is 42.5 Å². The first-order valence-electron chi connectivity index (χ1n) is 6.32. The van der Waals surface area contributed by atoms with Crippen LogP contribution in [-0.4, -0.2) is 16.9 Å². The number of nitrogens with two attached hydrogens (primary N) is 1. The van der Waals surface area contributed by atoms with Gasteiger partial charge >= 0.3 is 0 Å². The molecule has 0 aliphatic heterocycles. The highest BCUT2D eigenvalue weighted by molar-refractivity contribution is 6.01. The fourth-order valence-corrected chi connectivity index (χ4v) is 2.35. The highest BCUT2D eigenvalue weighted by Crippen LogP contribution is 2.23. The molecule has 2 unspecified atom stereocenters. The lowest BCUT2D eigenvalue weighted by atomic mass is 10.1. The quantitative estimate of drug-likeness (QED) is 0.805. The molecule has 1 aromatic heterocycles. The monoisotopic (exact) mass is 253 g/mol. The summed E-state index contributed by atoms with van der Waals surface area (Å²) in [7, 11) is 0. The maximum Gasteiger partial charge on any atom is 0.231 e. The van der Waals surface area contributed by atoms with Crippen molar-refractivity contribution < 1.29 is 4.79 Å². The van der Waals surface area contributed by atoms with Crippen LogP contribution in [0.1, 0.15) is 6.42 Å². The number of pyridine rings is 1. The molecule has 1 aromatic carbocycles. The molecule has 3 N–H and O–H groups in total. The van der Waals surface area contributed by atoms with E-state index in [9.17, 15) is 4.79 Å². The third-order valence-corrected chi connectivity index (χ3v) is 3.34. The Morgan fingerprint density at radius 2 is 2.11 bits per heavy atom. The zero-order valence-electron chi connectivity index (χ0n) is 10.4. The summed E-state index contributed by atoms with van der Waals surface area (Å²) in [6, 6.07) is 9.60. The van der Waals surface area contributed by atoms with E-state index in [4.69, 9.17) is 5.73 Å². The van der Waals surface area contributed by atoms with Crippen LogP contribution in [0, 0.1) is 5.92 Å². The summed E-state index contributed by atoms with van der Waals surface area (Å²) >= 11 is 0. The molecule has 1 aliphatic rings. The molecule has 1 aliphatic carbocycles. The number of carbonyl (C=O) groups is 1. The van der Waals surface area contributed by atoms with Gasteiger partial charge in [0.15, 0.2) is 0 Å². The molecular weight excluding hydrogens is 238 g/mol. The number of benzene rings is 1. The maximum absolute atomic E-state index is 12.2. The minimum absolute atomic E-state index is 0.0126. The molecule has 0 radical (unpaired) electrons. The molecule has 1 amide bonds. The average Bonchev–Trinajstić information content (AvgIpc) is 2.86. The largest absolute Gasteiger partial charge is 0.324 e. The van der Waals surface area contributed by atoms with Crippen molar-refractivity contribution in [1.82, 2.24) is 4.98 Å². The smallest absolute Gasteiger partial charge is 0.231 e. The lowest BCUT2D eigenvalue weighted by Crippen LogP contribution is -2.24. The van der Waals surface area contributed by atoms with Crippen LogP contribution in [0.5, 0.6) is 0 Å². The van der Waals surface area contributed by atoms with Crippen molar-refractivity contribution in [3.05, 3.63) is 48.7 Å². The lowest BCUT2D eigenvalue weighted by molar-refractivity contribution is -0.118. The topological polar surface area (TPSA) is 68.0 Å². The zero-order valence-corrected chi connectivity index (χ0v) is 10.4. The number of hydrogen-bond acceptors (Lipinski definition) is 3. The van der Waals surface area contributed by atoms with E-state index in [2.05, 4.69) is 10.3 Å². The summed E-state index contributed by atoms with van der Waals surface area (Å²) in [5, 5.41) is 3.95. The molecule has 0 spiro atoms. The van der Waals surface area contributed by atoms with E-state index in [1.165, 1.54) is 0 Å². The number of hydrogen-bond donors (Lipinski definition) is 2. The van der Waals surface area contributed by atoms with Crippen molar-refractivity contribution in [2.45, 2.75) is 12.5 Å². The van der Waals surface area contributed by atoms with Crippen molar-refractivity contribution in [1.29, 1.82) is 0 Å². The number of fused-ring (bicyclic) bond motifs is 1. The van der Waals surface area contributed by atoms with Gasteiger partial charge in [-0.25, -0.2) is 0 Å². The summed E-state index contributed by atoms with van der Waals surface area (Å²) in [6.07, 6.45) is 6.15. The first-order valence-corrected chi connectivity index (χ1v) is 6.32. The summed E-state index contributed by atoms with van der Waals surface area (Å²) in [6.45, 7) is 0. The van der Waals surface area contributed by atoms with Crippen LogP contribution in [0.3, 0.4) is 0 Å². The van der Waals surface area contributed by atoms with Crippen molar-refractivity contribution >= 4 is 22.5 Å². The Morgan fingerprint density at radius 3 is 2.89 bits per heavy atom. The predicted molar refractivity (Wildman–Crippen MR) is 75.6 cm³/mol. The molecule has 0 fully saturated rings. The van der Waals surface area contributed by atoms with Crippen LogP contribution >= 0.6 is 0 Å². The molecule has 3 rings (SSSR count). The predicted octanol–water partition coefficient (Wildman–Crippen LogP) is 2.08. The normalized spacial score (nSPS) is 21.7. The summed E-state index contributed by atoms with van der Waals surface area (Å²) in [4.78, 5) is 16.5. The Balaban J connectivity index is 1.86. The fraction of sp³-hybridized carbons (Fsp3) is 0.200. The highest BCUT2D eigenvalue weighted by Gasteiger charge is 2.23. The number of nitrogens with one attached hydrogen (secondary N) is 1. The Bertz CT molecular complexity index is 645. The van der Waals surface area contributed by atoms with Gasteiger partial charge in [-0.2, -0.15) is 0 Å². The molecule has 1 heterocycles. The standard InChI is InChI=1S/C15H15N3O/c16-12-7-6-11(9-12)15(19)18-13-5-1-3-10-4-2-8-17-14(10)13/h1-8,11-12H,9,16H2,(H,18,19). The van der Waals surface area contributed by atoms with Gasteiger partial charge in [-0.3, -0.25) is 9.78 Å². The zero-order chi connectivity index (χ0) is 13.2. The molecule has 4 nitrogen and oxygen atoms in total. The second-order valence-corrected chi connectivity index (χ2v) is 4.76. The van der Waals surface area contributed by atoms with Crippen molar-refractivity contribution in [2.24, 2.45) is 11.7 Å². The molecule has 2 aromatic rings. The van der Waals surface area contributed by atoms with Gasteiger partial charge in [0.1, 0.15) is 0 Å². The highest BCUT2D eigenvalue weighted by atomic mass is 16.1. The first-order chi connectivity index (χ1) is 9.24. The van der Waals surface area contributed by atoms with Gasteiger partial charge in [0.2, 0.25) is 5.91 Å². The third-order valence-electron chi connectivity index (χ3n) is 3.34. The van der Waals surface area contributed by atoms with E-state index < -0.39 is 0 Å². The van der Waals surface area contributed by atoms with E-state index >= 15 is 0 Å². The number of carbonyl (C=O) groups excluding carboxylic acids is 1. The van der Waals surface area contributed by atoms with E-state index in [0.717, 1.165) is 16.6 Å². The minimum Gasteiger partial charge on any atom is -0.324 e. The van der Waals surface area contributed by atoms with Crippen molar-refractivity contribution in [2.75, 3.05) is 5.32 Å². The summed E-state index contributed by atoms with van der Waals surface area (Å²) in [5.74, 6) is -0.170. The Labute approximate surface area is 111 Å². The molecule has 0 saturated carbocycles.